The number of nitrogens with two attached hydrogens (primary N) is 3. The molecule has 0 radical (unpaired) electrons. The number of carboxylic acid groups (broad SMARTS) is 4. The topological polar surface area (TPSA) is 791 Å². The molecule has 0 amide bonds. The van der Waals surface area contributed by atoms with Crippen LogP contribution in [0.5, 0.6) is 0 Å². The maximum absolute atomic E-state index is 12.6. The number of hydrogen-bond acceptors (Lipinski definition) is 38. The van der Waals surface area contributed by atoms with Crippen LogP contribution in [0.25, 0.3) is 22.3 Å². The Morgan fingerprint density at radius 1 is 0.613 bits per heavy atom. The van der Waals surface area contributed by atoms with Crippen molar-refractivity contribution in [2.24, 2.45) is 16.6 Å². The summed E-state index contributed by atoms with van der Waals surface area (Å²) >= 11 is 9.55. The van der Waals surface area contributed by atoms with Gasteiger partial charge in [0.05, 0.1) is 61.6 Å². The largest absolute Gasteiger partial charge is 3.00 e. The number of rotatable bonds is 48. The predicted molar refractivity (Wildman–Crippen MR) is 434 cm³/mol. The van der Waals surface area contributed by atoms with Gasteiger partial charge in [-0.15, -0.1) is 0 Å². The molecule has 50 nitrogen and oxygen atoms in total. The summed E-state index contributed by atoms with van der Waals surface area (Å²) in [4.78, 5) is 158. The number of imidazole rings is 2. The third-order valence-corrected chi connectivity index (χ3v) is 27.5. The third kappa shape index (κ3) is 37.8. The molecule has 9 unspecified atom stereocenters. The predicted octanol–water partition coefficient (Wildman–Crippen LogP) is 0.844. The molecule has 0 spiro atoms. The van der Waals surface area contributed by atoms with Crippen LogP contribution in [-0.4, -0.2) is 238 Å². The number of aliphatic hydroxyl groups excluding tert-OH is 4. The van der Waals surface area contributed by atoms with E-state index in [1.165, 1.54) is 12.1 Å². The van der Waals surface area contributed by atoms with Crippen LogP contribution in [0.3, 0.4) is 0 Å². The molecule has 686 valence electrons. The van der Waals surface area contributed by atoms with Gasteiger partial charge in [-0.3, -0.25) is 66.3 Å². The Morgan fingerprint density at radius 2 is 1.05 bits per heavy atom. The monoisotopic (exact) mass is 2050 g/mol. The number of aromatic amines is 2. The molecule has 2 aliphatic rings. The Bertz CT molecular complexity index is 5070. The average molecular weight is 2050 g/mol. The Hall–Kier alpha value is -6.24. The van der Waals surface area contributed by atoms with Gasteiger partial charge in [0.2, 0.25) is 11.9 Å². The van der Waals surface area contributed by atoms with E-state index in [-0.39, 0.29) is 121 Å². The number of ether oxygens (including phenoxy) is 2. The number of nitrogen functional groups attached to an aromatic ring is 2. The van der Waals surface area contributed by atoms with Gasteiger partial charge in [-0.05, 0) is 112 Å². The third-order valence-electron chi connectivity index (χ3n) is 17.4. The van der Waals surface area contributed by atoms with Crippen molar-refractivity contribution >= 4 is 145 Å². The summed E-state index contributed by atoms with van der Waals surface area (Å²) in [5, 5.41) is 91.7. The van der Waals surface area contributed by atoms with Crippen LogP contribution >= 0.6 is 70.9 Å². The zero-order valence-corrected chi connectivity index (χ0v) is 75.1. The van der Waals surface area contributed by atoms with E-state index in [1.807, 2.05) is 0 Å². The molecule has 6 aromatic rings. The number of isothiocyanates is 1. The zero-order chi connectivity index (χ0) is 91.2. The van der Waals surface area contributed by atoms with E-state index >= 15 is 0 Å². The first-order chi connectivity index (χ1) is 57.7. The number of phosphoric ester groups is 2. The number of nitrogens with zero attached hydrogens (tertiary/aromatic N) is 9. The quantitative estimate of drug-likeness (QED) is 0.00827. The minimum Gasteiger partial charge on any atom is -0.550 e. The number of thiocarbonyl (C=S) groups is 2. The SMILES string of the molecule is CN=C=S.NCCCCCCCCCP(=O)(O)OP(=O)(O)OP(=O)(O)OC[C@H]1O[C@@H](n2cnc3c(=O)[nH]c(N)nc32)[C@@H](O)C1O.Nc1nc2c(ncn2[C@@H]2O[C@H](COP(=O)(O)OP(=O)(O)OP(=O)(O)CCCCCCCCCNC(=S)Nc3ccc(C#Cc4cc(CC(CC(=O)[O-])CC(=O)O)nc(CN(CC(=O)[O-])CC(=O)O)c4)cc3)C(O)[C@@H]2O)c(=O)[nH]1.[Eu+3]. The van der Waals surface area contributed by atoms with Crippen molar-refractivity contribution in [2.45, 2.75) is 165 Å². The fourth-order valence-corrected chi connectivity index (χ4v) is 20.6. The van der Waals surface area contributed by atoms with Gasteiger partial charge >= 0.3 is 108 Å². The van der Waals surface area contributed by atoms with Crippen molar-refractivity contribution in [1.82, 2.24) is 54.2 Å². The van der Waals surface area contributed by atoms with E-state index in [4.69, 9.17) is 38.9 Å². The summed E-state index contributed by atoms with van der Waals surface area (Å²) in [6.07, 6.45) is -3.28. The smallest absolute Gasteiger partial charge is 0.550 e. The number of unbranched alkanes of at least 4 members (excludes halogenated alkanes) is 12. The van der Waals surface area contributed by atoms with Crippen LogP contribution in [0.2, 0.25) is 0 Å². The molecule has 0 saturated carbocycles. The number of aliphatic imine (C=N–C) groups is 1. The van der Waals surface area contributed by atoms with Crippen molar-refractivity contribution < 1.29 is 202 Å². The van der Waals surface area contributed by atoms with E-state index in [0.29, 0.717) is 54.3 Å². The molecular weight excluding hydrogens is 1950 g/mol. The number of carboxylic acids is 4. The second-order valence-corrected chi connectivity index (χ2v) is 38.3. The van der Waals surface area contributed by atoms with Crippen LogP contribution in [0.4, 0.5) is 17.6 Å². The number of aromatic nitrogens is 9. The van der Waals surface area contributed by atoms with Gasteiger partial charge in [0, 0.05) is 61.6 Å². The summed E-state index contributed by atoms with van der Waals surface area (Å²) in [5.41, 5.74) is 16.6. The Kier molecular flexibility index (Phi) is 44.7. The zero-order valence-electron chi connectivity index (χ0n) is 65.7. The number of anilines is 3. The maximum Gasteiger partial charge on any atom is 3.00 e. The number of nitrogens with one attached hydrogen (secondary N) is 4. The molecule has 124 heavy (non-hydrogen) atoms. The molecular formula is C65H94EuN16O34P6S2+. The maximum atomic E-state index is 12.6. The van der Waals surface area contributed by atoms with Gasteiger partial charge in [-0.1, -0.05) is 76.0 Å². The van der Waals surface area contributed by atoms with Gasteiger partial charge in [0.15, 0.2) is 39.9 Å². The molecule has 2 fully saturated rings. The summed E-state index contributed by atoms with van der Waals surface area (Å²) in [5.74, 6) is -1.01. The second-order valence-electron chi connectivity index (χ2n) is 27.4. The van der Waals surface area contributed by atoms with Crippen molar-refractivity contribution in [2.75, 3.05) is 75.5 Å². The summed E-state index contributed by atoms with van der Waals surface area (Å²) in [7, 11) is -30.1. The first-order valence-corrected chi connectivity index (χ1v) is 47.5. The number of pyridine rings is 1. The van der Waals surface area contributed by atoms with Gasteiger partial charge in [0.25, 0.3) is 11.1 Å². The van der Waals surface area contributed by atoms with Gasteiger partial charge < -0.3 is 117 Å². The van der Waals surface area contributed by atoms with Crippen LogP contribution in [0.1, 0.15) is 138 Å². The number of fused-ring (bicyclic) bond motifs is 2. The van der Waals surface area contributed by atoms with Crippen molar-refractivity contribution in [1.29, 1.82) is 0 Å². The normalized spacial score (nSPS) is 20.5. The van der Waals surface area contributed by atoms with E-state index in [9.17, 15) is 126 Å². The molecule has 59 heteroatoms. The van der Waals surface area contributed by atoms with E-state index in [0.717, 1.165) is 84.5 Å². The van der Waals surface area contributed by atoms with E-state index < -0.39 is 188 Å². The number of aliphatic hydroxyl groups is 4. The molecule has 8 rings (SSSR count). The standard InChI is InChI=1S/C44H58N9O21P3S.C19H35N6O13P3.C2H3NS.Eu/c45-43-50-40-37(41(64)51-43)47-25-53(40)42-39(63)38(62)32(72-42)24-71-76(67,68)74-77(69,70)73-75(65,66)15-7-5-3-1-2-4-6-14-46-44(78)49-29-12-10-26(11-13-29)8-9-27-16-30(18-28(19-33(54)55)20-34(56)57)48-31(17-27)21-52(22-35(58)59)23-36(60)61;20-8-6-4-2-1-3-5-7-9-39(29,30)37-41(33,34)38-40(31,32)35-10-12-14(26)15(27)18(36-12)25-11-22-13-16(25)23-19(21)24-17(13)28;1-3-2-4;/h10-13,16-17,25,28,32,38-39,42,62-63H,1-7,14-15,18-24H2,(H,54,55)(H,56,57)(H,58,59)(H,60,61)(H,65,66)(H,67,68)(H,69,70)(H2,46,49,78)(H3,45,50,51,64);11-12,14-15,18,26-27H,1-10,20H2,(H,29,30)(H,31,32)(H,33,34)(H3,21,23,24,28);1H3;/q;;;+3/p-2/t32-,38?,39+,42-;12-,14?,15+,18-;;/m11../s1. The van der Waals surface area contributed by atoms with Crippen LogP contribution in [-0.2, 0) is 95.3 Å². The van der Waals surface area contributed by atoms with Crippen molar-refractivity contribution in [3.05, 3.63) is 92.3 Å². The van der Waals surface area contributed by atoms with Crippen molar-refractivity contribution in [3.63, 3.8) is 0 Å². The van der Waals surface area contributed by atoms with Crippen molar-refractivity contribution in [3.8, 4) is 11.8 Å². The summed E-state index contributed by atoms with van der Waals surface area (Å²) in [6.45, 7) is -2.43. The number of hydrogen-bond donors (Lipinski definition) is 19. The number of H-pyrrole nitrogens is 2. The molecule has 0 bridgehead atoms. The fraction of sp³-hybridized carbons (Fsp3) is 0.554. The minimum atomic E-state index is -5.70. The molecule has 2 aliphatic heterocycles. The number of phosphoric acid groups is 4. The Labute approximate surface area is 756 Å². The number of aliphatic carboxylic acids is 4. The van der Waals surface area contributed by atoms with Gasteiger partial charge in [-0.25, -0.2) is 41.8 Å². The molecule has 7 heterocycles. The summed E-state index contributed by atoms with van der Waals surface area (Å²) < 4.78 is 114. The van der Waals surface area contributed by atoms with Crippen LogP contribution in [0.15, 0.2) is 63.6 Å². The van der Waals surface area contributed by atoms with Gasteiger partial charge in [0.1, 0.15) is 36.6 Å². The first-order valence-electron chi connectivity index (χ1n) is 37.2. The van der Waals surface area contributed by atoms with Gasteiger partial charge in [-0.2, -0.15) is 18.6 Å². The second kappa shape index (κ2) is 51.2. The number of carbonyl (C=O) groups excluding carboxylic acids is 2. The van der Waals surface area contributed by atoms with Crippen LogP contribution < -0.4 is 49.2 Å². The van der Waals surface area contributed by atoms with Crippen LogP contribution in [0, 0.1) is 67.1 Å². The number of benzene rings is 1. The summed E-state index contributed by atoms with van der Waals surface area (Å²) in [6, 6.07) is 9.89. The number of carbonyl (C=O) groups is 4. The molecule has 0 aliphatic carbocycles. The molecule has 5 aromatic heterocycles. The average Bonchev–Trinajstić information content (AvgIpc) is 1.62. The van der Waals surface area contributed by atoms with E-state index in [2.05, 4.69) is 106 Å². The van der Waals surface area contributed by atoms with E-state index in [1.54, 1.807) is 31.3 Å². The molecule has 2 saturated heterocycles. The first kappa shape index (κ1) is 108. The Morgan fingerprint density at radius 3 is 1.48 bits per heavy atom. The fourth-order valence-electron chi connectivity index (χ4n) is 12.0. The molecule has 1 aromatic carbocycles. The Balaban J connectivity index is 0.000000496. The minimum absolute atomic E-state index is 0. The molecule has 22 N–H and O–H groups in total. The molecule has 15 atom stereocenters.